The van der Waals surface area contributed by atoms with Crippen LogP contribution >= 0.6 is 24.8 Å². The second kappa shape index (κ2) is 9.71. The van der Waals surface area contributed by atoms with Crippen molar-refractivity contribution in [2.45, 2.75) is 25.2 Å². The summed E-state index contributed by atoms with van der Waals surface area (Å²) in [6.45, 7) is 5.93. The molecule has 0 spiro atoms. The minimum atomic E-state index is 0. The summed E-state index contributed by atoms with van der Waals surface area (Å²) >= 11 is 0. The Kier molecular flexibility index (Phi) is 8.65. The summed E-state index contributed by atoms with van der Waals surface area (Å²) in [5, 5.41) is 0. The number of hydrogen-bond acceptors (Lipinski definition) is 4. The molecule has 1 aromatic carbocycles. The molecule has 0 radical (unpaired) electrons. The van der Waals surface area contributed by atoms with E-state index in [1.807, 2.05) is 0 Å². The largest absolute Gasteiger partial charge is 0.493 e. The van der Waals surface area contributed by atoms with E-state index in [0.717, 1.165) is 17.9 Å². The van der Waals surface area contributed by atoms with Crippen LogP contribution in [-0.4, -0.2) is 63.8 Å². The molecule has 24 heavy (non-hydrogen) atoms. The fourth-order valence-electron chi connectivity index (χ4n) is 3.76. The van der Waals surface area contributed by atoms with E-state index in [0.29, 0.717) is 5.92 Å². The van der Waals surface area contributed by atoms with Crippen molar-refractivity contribution in [3.8, 4) is 11.5 Å². The number of methoxy groups -OCH3 is 2. The third-order valence-electron chi connectivity index (χ3n) is 5.16. The number of nitrogens with zero attached hydrogens (tertiary/aromatic N) is 2. The van der Waals surface area contributed by atoms with Gasteiger partial charge in [-0.05, 0) is 55.5 Å². The highest BCUT2D eigenvalue weighted by Crippen LogP contribution is 2.39. The molecule has 0 bridgehead atoms. The molecular formula is C18H30Cl2N2O2. The normalized spacial score (nSPS) is 21.2. The van der Waals surface area contributed by atoms with Crippen molar-refractivity contribution in [1.29, 1.82) is 0 Å². The van der Waals surface area contributed by atoms with Crippen LogP contribution in [0.1, 0.15) is 29.9 Å². The molecule has 1 aromatic rings. The number of benzene rings is 1. The van der Waals surface area contributed by atoms with E-state index in [-0.39, 0.29) is 24.8 Å². The van der Waals surface area contributed by atoms with Gasteiger partial charge in [0.05, 0.1) is 14.2 Å². The number of piperazine rings is 1. The van der Waals surface area contributed by atoms with Gasteiger partial charge < -0.3 is 19.3 Å². The highest BCUT2D eigenvalue weighted by atomic mass is 35.5. The summed E-state index contributed by atoms with van der Waals surface area (Å²) in [6.07, 6.45) is 3.73. The smallest absolute Gasteiger partial charge is 0.161 e. The summed E-state index contributed by atoms with van der Waals surface area (Å²) in [6, 6.07) is 4.40. The standard InChI is InChI=1S/C18H28N2O2.2ClH/c1-19-7-9-20(10-8-19)13-15-6-4-5-14-11-17(21-2)18(22-3)12-16(14)15;;/h11-12,15H,4-10,13H2,1-3H3;2*1H. The molecule has 0 N–H and O–H groups in total. The van der Waals surface area contributed by atoms with Gasteiger partial charge in [-0.15, -0.1) is 24.8 Å². The van der Waals surface area contributed by atoms with Gasteiger partial charge in [-0.25, -0.2) is 0 Å². The first-order valence-corrected chi connectivity index (χ1v) is 8.37. The second-order valence-electron chi connectivity index (χ2n) is 6.60. The molecule has 0 aromatic heterocycles. The Bertz CT molecular complexity index is 520. The summed E-state index contributed by atoms with van der Waals surface area (Å²) < 4.78 is 11.0. The molecule has 3 rings (SSSR count). The zero-order valence-electron chi connectivity index (χ0n) is 14.9. The SMILES string of the molecule is COc1cc2c(cc1OC)C(CN1CCN(C)CC1)CCC2.Cl.Cl. The average Bonchev–Trinajstić information content (AvgIpc) is 2.56. The molecule has 0 saturated carbocycles. The molecule has 0 amide bonds. The topological polar surface area (TPSA) is 24.9 Å². The first-order chi connectivity index (χ1) is 10.7. The van der Waals surface area contributed by atoms with Crippen LogP contribution in [0.25, 0.3) is 0 Å². The molecule has 1 unspecified atom stereocenters. The lowest BCUT2D eigenvalue weighted by atomic mass is 9.82. The van der Waals surface area contributed by atoms with Gasteiger partial charge in [0, 0.05) is 32.7 Å². The molecule has 1 fully saturated rings. The molecule has 4 nitrogen and oxygen atoms in total. The molecule has 2 aliphatic rings. The van der Waals surface area contributed by atoms with Crippen LogP contribution in [0.4, 0.5) is 0 Å². The molecule has 138 valence electrons. The lowest BCUT2D eigenvalue weighted by Crippen LogP contribution is -2.46. The molecular weight excluding hydrogens is 347 g/mol. The Morgan fingerprint density at radius 2 is 1.62 bits per heavy atom. The van der Waals surface area contributed by atoms with Gasteiger partial charge in [0.15, 0.2) is 11.5 Å². The Labute approximate surface area is 158 Å². The maximum absolute atomic E-state index is 5.51. The minimum Gasteiger partial charge on any atom is -0.493 e. The van der Waals surface area contributed by atoms with Crippen LogP contribution in [0.5, 0.6) is 11.5 Å². The Hall–Kier alpha value is -0.680. The maximum Gasteiger partial charge on any atom is 0.161 e. The van der Waals surface area contributed by atoms with Crippen molar-refractivity contribution in [3.05, 3.63) is 23.3 Å². The number of hydrogen-bond donors (Lipinski definition) is 0. The molecule has 1 atom stereocenters. The molecule has 1 saturated heterocycles. The Morgan fingerprint density at radius 1 is 1.00 bits per heavy atom. The quantitative estimate of drug-likeness (QED) is 0.805. The van der Waals surface area contributed by atoms with Gasteiger partial charge in [0.25, 0.3) is 0 Å². The van der Waals surface area contributed by atoms with Crippen LogP contribution in [0.3, 0.4) is 0 Å². The number of aryl methyl sites for hydroxylation is 1. The van der Waals surface area contributed by atoms with E-state index >= 15 is 0 Å². The van der Waals surface area contributed by atoms with Gasteiger partial charge >= 0.3 is 0 Å². The van der Waals surface area contributed by atoms with E-state index in [1.165, 1.54) is 56.7 Å². The molecule has 1 heterocycles. The Balaban J connectivity index is 0.00000144. The lowest BCUT2D eigenvalue weighted by Gasteiger charge is -2.36. The summed E-state index contributed by atoms with van der Waals surface area (Å²) in [4.78, 5) is 5.04. The van der Waals surface area contributed by atoms with Crippen molar-refractivity contribution in [3.63, 3.8) is 0 Å². The van der Waals surface area contributed by atoms with E-state index in [9.17, 15) is 0 Å². The predicted octanol–water partition coefficient (Wildman–Crippen LogP) is 3.21. The van der Waals surface area contributed by atoms with Crippen LogP contribution < -0.4 is 9.47 Å². The fraction of sp³-hybridized carbons (Fsp3) is 0.667. The van der Waals surface area contributed by atoms with Crippen molar-refractivity contribution in [2.24, 2.45) is 0 Å². The summed E-state index contributed by atoms with van der Waals surface area (Å²) in [7, 11) is 5.65. The van der Waals surface area contributed by atoms with E-state index in [4.69, 9.17) is 9.47 Å². The van der Waals surface area contributed by atoms with Gasteiger partial charge in [-0.2, -0.15) is 0 Å². The number of rotatable bonds is 4. The number of likely N-dealkylation sites (N-methyl/N-ethyl adjacent to an activating group) is 1. The van der Waals surface area contributed by atoms with Crippen molar-refractivity contribution < 1.29 is 9.47 Å². The van der Waals surface area contributed by atoms with Gasteiger partial charge in [0.1, 0.15) is 0 Å². The number of fused-ring (bicyclic) bond motifs is 1. The second-order valence-corrected chi connectivity index (χ2v) is 6.60. The number of halogens is 2. The Morgan fingerprint density at radius 3 is 2.25 bits per heavy atom. The summed E-state index contributed by atoms with van der Waals surface area (Å²) in [5.41, 5.74) is 2.92. The van der Waals surface area contributed by atoms with Gasteiger partial charge in [-0.1, -0.05) is 0 Å². The van der Waals surface area contributed by atoms with E-state index in [1.54, 1.807) is 14.2 Å². The van der Waals surface area contributed by atoms with E-state index in [2.05, 4.69) is 29.0 Å². The molecule has 1 aliphatic carbocycles. The van der Waals surface area contributed by atoms with Crippen LogP contribution in [0.2, 0.25) is 0 Å². The zero-order chi connectivity index (χ0) is 15.5. The first-order valence-electron chi connectivity index (χ1n) is 8.37. The van der Waals surface area contributed by atoms with Crippen molar-refractivity contribution >= 4 is 24.8 Å². The minimum absolute atomic E-state index is 0. The molecule has 6 heteroatoms. The summed E-state index contributed by atoms with van der Waals surface area (Å²) in [5.74, 6) is 2.36. The van der Waals surface area contributed by atoms with Crippen LogP contribution in [0, 0.1) is 0 Å². The zero-order valence-corrected chi connectivity index (χ0v) is 16.5. The lowest BCUT2D eigenvalue weighted by molar-refractivity contribution is 0.144. The third-order valence-corrected chi connectivity index (χ3v) is 5.16. The van der Waals surface area contributed by atoms with Crippen LogP contribution in [-0.2, 0) is 6.42 Å². The average molecular weight is 377 g/mol. The fourth-order valence-corrected chi connectivity index (χ4v) is 3.76. The maximum atomic E-state index is 5.51. The van der Waals surface area contributed by atoms with Crippen molar-refractivity contribution in [1.82, 2.24) is 9.80 Å². The highest BCUT2D eigenvalue weighted by molar-refractivity contribution is 5.85. The van der Waals surface area contributed by atoms with E-state index < -0.39 is 0 Å². The first kappa shape index (κ1) is 21.4. The van der Waals surface area contributed by atoms with Gasteiger partial charge in [-0.3, -0.25) is 0 Å². The van der Waals surface area contributed by atoms with Crippen LogP contribution in [0.15, 0.2) is 12.1 Å². The van der Waals surface area contributed by atoms with Gasteiger partial charge in [0.2, 0.25) is 0 Å². The number of ether oxygens (including phenoxy) is 2. The van der Waals surface area contributed by atoms with Crippen molar-refractivity contribution in [2.75, 3.05) is 54.0 Å². The highest BCUT2D eigenvalue weighted by Gasteiger charge is 2.25. The molecule has 1 aliphatic heterocycles. The predicted molar refractivity (Wildman–Crippen MR) is 104 cm³/mol. The monoisotopic (exact) mass is 376 g/mol. The third kappa shape index (κ3) is 4.69.